The molecule has 1 aliphatic carbocycles. The van der Waals surface area contributed by atoms with Crippen molar-refractivity contribution in [3.05, 3.63) is 29.3 Å². The van der Waals surface area contributed by atoms with Gasteiger partial charge in [-0.3, -0.25) is 5.11 Å². The summed E-state index contributed by atoms with van der Waals surface area (Å²) in [5.41, 5.74) is 2.50. The number of hydrogen-bond donors (Lipinski definition) is 0. The molecule has 1 aromatic carbocycles. The van der Waals surface area contributed by atoms with Crippen LogP contribution in [0.3, 0.4) is 0 Å². The average Bonchev–Trinajstić information content (AvgIpc) is 2.40. The zero-order chi connectivity index (χ0) is 12.8. The van der Waals surface area contributed by atoms with Gasteiger partial charge in [0, 0.05) is 5.56 Å². The van der Waals surface area contributed by atoms with E-state index in [-0.39, 0.29) is 5.75 Å². The van der Waals surface area contributed by atoms with Crippen LogP contribution in [0.15, 0.2) is 18.2 Å². The molecule has 0 spiro atoms. The Balaban J connectivity index is 2.14. The second kappa shape index (κ2) is 6.82. The second-order valence-electron chi connectivity index (χ2n) is 5.62. The zero-order valence-electron chi connectivity index (χ0n) is 11.6. The molecule has 0 atom stereocenters. The molecule has 1 aromatic rings. The lowest BCUT2D eigenvalue weighted by Gasteiger charge is -2.24. The van der Waals surface area contributed by atoms with Crippen LogP contribution in [0.5, 0.6) is 5.75 Å². The summed E-state index contributed by atoms with van der Waals surface area (Å²) in [6.45, 7) is 2.23. The standard InChI is InChI=1S/C17H25O/c1-2-3-5-9-15-12-8-13-16(18)17(15)14-10-6-4-7-11-14/h8,12-14H,2-7,9-11H2,1H3. The van der Waals surface area contributed by atoms with E-state index in [4.69, 9.17) is 0 Å². The monoisotopic (exact) mass is 245 g/mol. The molecule has 0 heterocycles. The molecular formula is C17H25O. The fourth-order valence-electron chi connectivity index (χ4n) is 3.23. The van der Waals surface area contributed by atoms with Gasteiger partial charge in [0.2, 0.25) is 0 Å². The van der Waals surface area contributed by atoms with Gasteiger partial charge in [-0.15, -0.1) is 0 Å². The molecule has 0 bridgehead atoms. The molecule has 0 unspecified atom stereocenters. The molecule has 0 amide bonds. The molecular weight excluding hydrogens is 220 g/mol. The highest BCUT2D eigenvalue weighted by molar-refractivity contribution is 5.42. The second-order valence-corrected chi connectivity index (χ2v) is 5.62. The van der Waals surface area contributed by atoms with Crippen molar-refractivity contribution in [2.24, 2.45) is 0 Å². The van der Waals surface area contributed by atoms with Gasteiger partial charge in [-0.25, -0.2) is 0 Å². The Morgan fingerprint density at radius 1 is 1.11 bits per heavy atom. The zero-order valence-corrected chi connectivity index (χ0v) is 11.6. The number of aryl methyl sites for hydroxylation is 1. The Labute approximate surface area is 111 Å². The molecule has 99 valence electrons. The van der Waals surface area contributed by atoms with Crippen molar-refractivity contribution in [3.63, 3.8) is 0 Å². The van der Waals surface area contributed by atoms with Crippen LogP contribution in [0.2, 0.25) is 0 Å². The highest BCUT2D eigenvalue weighted by Crippen LogP contribution is 2.39. The lowest BCUT2D eigenvalue weighted by Crippen LogP contribution is -2.07. The minimum atomic E-state index is 0.288. The van der Waals surface area contributed by atoms with E-state index in [1.807, 2.05) is 6.07 Å². The summed E-state index contributed by atoms with van der Waals surface area (Å²) in [5, 5.41) is 12.2. The van der Waals surface area contributed by atoms with Gasteiger partial charge < -0.3 is 0 Å². The van der Waals surface area contributed by atoms with Crippen molar-refractivity contribution >= 4 is 0 Å². The van der Waals surface area contributed by atoms with E-state index in [0.717, 1.165) is 12.0 Å². The Hall–Kier alpha value is -0.980. The Bertz CT molecular complexity index is 364. The molecule has 0 aliphatic heterocycles. The maximum atomic E-state index is 12.2. The molecule has 1 nitrogen and oxygen atoms in total. The molecule has 1 heteroatoms. The summed E-state index contributed by atoms with van der Waals surface area (Å²) in [6.07, 6.45) is 11.2. The molecule has 1 fully saturated rings. The van der Waals surface area contributed by atoms with E-state index >= 15 is 0 Å². The lowest BCUT2D eigenvalue weighted by atomic mass is 9.81. The smallest absolute Gasteiger partial charge is 0.182 e. The fraction of sp³-hybridized carbons (Fsp3) is 0.647. The Morgan fingerprint density at radius 3 is 2.61 bits per heavy atom. The first kappa shape index (κ1) is 13.5. The van der Waals surface area contributed by atoms with Crippen molar-refractivity contribution in [2.45, 2.75) is 70.6 Å². The van der Waals surface area contributed by atoms with Crippen LogP contribution in [0.25, 0.3) is 0 Å². The number of hydrogen-bond acceptors (Lipinski definition) is 0. The van der Waals surface area contributed by atoms with E-state index < -0.39 is 0 Å². The Kier molecular flexibility index (Phi) is 5.10. The molecule has 1 saturated carbocycles. The van der Waals surface area contributed by atoms with Gasteiger partial charge in [0.25, 0.3) is 0 Å². The fourth-order valence-corrected chi connectivity index (χ4v) is 3.23. The van der Waals surface area contributed by atoms with Crippen molar-refractivity contribution in [3.8, 4) is 5.75 Å². The third-order valence-electron chi connectivity index (χ3n) is 4.22. The van der Waals surface area contributed by atoms with E-state index in [2.05, 4.69) is 13.0 Å². The van der Waals surface area contributed by atoms with Gasteiger partial charge in [-0.1, -0.05) is 51.2 Å². The molecule has 0 saturated heterocycles. The minimum Gasteiger partial charge on any atom is -0.290 e. The van der Waals surface area contributed by atoms with E-state index in [9.17, 15) is 5.11 Å². The maximum Gasteiger partial charge on any atom is 0.182 e. The first-order valence-corrected chi connectivity index (χ1v) is 7.61. The van der Waals surface area contributed by atoms with Crippen molar-refractivity contribution in [1.82, 2.24) is 0 Å². The lowest BCUT2D eigenvalue weighted by molar-refractivity contribution is 0.336. The van der Waals surface area contributed by atoms with Gasteiger partial charge >= 0.3 is 0 Å². The minimum absolute atomic E-state index is 0.288. The summed E-state index contributed by atoms with van der Waals surface area (Å²) < 4.78 is 0. The molecule has 0 aromatic heterocycles. The van der Waals surface area contributed by atoms with Crippen LogP contribution in [-0.4, -0.2) is 0 Å². The van der Waals surface area contributed by atoms with Crippen LogP contribution in [0.4, 0.5) is 0 Å². The predicted molar refractivity (Wildman–Crippen MR) is 75.6 cm³/mol. The summed E-state index contributed by atoms with van der Waals surface area (Å²) in [4.78, 5) is 0. The van der Waals surface area contributed by atoms with Crippen molar-refractivity contribution < 1.29 is 5.11 Å². The Morgan fingerprint density at radius 2 is 1.89 bits per heavy atom. The summed E-state index contributed by atoms with van der Waals surface area (Å²) in [6, 6.07) is 5.88. The third kappa shape index (κ3) is 3.28. The highest BCUT2D eigenvalue weighted by Gasteiger charge is 2.21. The van der Waals surface area contributed by atoms with Gasteiger partial charge in [0.05, 0.1) is 0 Å². The molecule has 2 rings (SSSR count). The van der Waals surface area contributed by atoms with E-state index in [1.165, 1.54) is 56.9 Å². The number of rotatable bonds is 5. The van der Waals surface area contributed by atoms with Gasteiger partial charge in [0.15, 0.2) is 5.75 Å². The quantitative estimate of drug-likeness (QED) is 0.601. The molecule has 0 N–H and O–H groups in total. The predicted octanol–water partition coefficient (Wildman–Crippen LogP) is 5.61. The normalized spacial score (nSPS) is 16.9. The van der Waals surface area contributed by atoms with Gasteiger partial charge in [0.1, 0.15) is 0 Å². The van der Waals surface area contributed by atoms with Gasteiger partial charge in [-0.05, 0) is 43.2 Å². The number of unbranched alkanes of at least 4 members (excludes halogenated alkanes) is 2. The van der Waals surface area contributed by atoms with Crippen molar-refractivity contribution in [1.29, 1.82) is 0 Å². The topological polar surface area (TPSA) is 19.9 Å². The van der Waals surface area contributed by atoms with Crippen LogP contribution < -0.4 is 0 Å². The highest BCUT2D eigenvalue weighted by atomic mass is 16.3. The van der Waals surface area contributed by atoms with Crippen molar-refractivity contribution in [2.75, 3.05) is 0 Å². The molecule has 18 heavy (non-hydrogen) atoms. The maximum absolute atomic E-state index is 12.2. The molecule has 1 radical (unpaired) electrons. The largest absolute Gasteiger partial charge is 0.290 e. The summed E-state index contributed by atoms with van der Waals surface area (Å²) >= 11 is 0. The van der Waals surface area contributed by atoms with Crippen LogP contribution in [-0.2, 0) is 11.5 Å². The summed E-state index contributed by atoms with van der Waals surface area (Å²) in [7, 11) is 0. The van der Waals surface area contributed by atoms with E-state index in [0.29, 0.717) is 5.92 Å². The van der Waals surface area contributed by atoms with E-state index in [1.54, 1.807) is 6.07 Å². The summed E-state index contributed by atoms with van der Waals surface area (Å²) in [5.74, 6) is 0.833. The van der Waals surface area contributed by atoms with Crippen LogP contribution in [0.1, 0.15) is 75.3 Å². The van der Waals surface area contributed by atoms with Crippen LogP contribution in [0, 0.1) is 0 Å². The number of benzene rings is 1. The SMILES string of the molecule is CCCCCc1cccc([O])c1C1CCCCC1. The van der Waals surface area contributed by atoms with Crippen LogP contribution >= 0.6 is 0 Å². The molecule has 1 aliphatic rings. The third-order valence-corrected chi connectivity index (χ3v) is 4.22. The average molecular weight is 245 g/mol. The first-order chi connectivity index (χ1) is 8.83. The van der Waals surface area contributed by atoms with Gasteiger partial charge in [-0.2, -0.15) is 0 Å². The first-order valence-electron chi connectivity index (χ1n) is 7.61.